The van der Waals surface area contributed by atoms with Crippen LogP contribution in [0.2, 0.25) is 0 Å². The first-order chi connectivity index (χ1) is 9.00. The Morgan fingerprint density at radius 1 is 0.737 bits per heavy atom. The van der Waals surface area contributed by atoms with Crippen molar-refractivity contribution in [2.24, 2.45) is 0 Å². The summed E-state index contributed by atoms with van der Waals surface area (Å²) in [5, 5.41) is 16.9. The summed E-state index contributed by atoms with van der Waals surface area (Å²) in [7, 11) is 0. The first kappa shape index (κ1) is 14.2. The average Bonchev–Trinajstić information content (AvgIpc) is 2.40. The number of nitrogen functional groups attached to an aromatic ring is 1. The fraction of sp³-hybridized carbons (Fsp3) is 0. The number of anilines is 1. The Morgan fingerprint density at radius 2 is 1.11 bits per heavy atom. The van der Waals surface area contributed by atoms with Gasteiger partial charge in [0.15, 0.2) is 0 Å². The minimum Gasteiger partial charge on any atom is -0.478 e. The zero-order chi connectivity index (χ0) is 14.3. The van der Waals surface area contributed by atoms with Crippen LogP contribution in [0.3, 0.4) is 0 Å². The van der Waals surface area contributed by atoms with Crippen molar-refractivity contribution >= 4 is 17.6 Å². The highest BCUT2D eigenvalue weighted by Gasteiger charge is 2.04. The fourth-order valence-corrected chi connectivity index (χ4v) is 1.21. The molecule has 5 nitrogen and oxygen atoms in total. The molecule has 0 radical (unpaired) electrons. The number of para-hydroxylation sites is 1. The van der Waals surface area contributed by atoms with E-state index in [4.69, 9.17) is 15.9 Å². The van der Waals surface area contributed by atoms with Crippen LogP contribution in [-0.2, 0) is 0 Å². The molecule has 0 fully saturated rings. The van der Waals surface area contributed by atoms with Crippen LogP contribution in [0.4, 0.5) is 5.69 Å². The molecule has 0 aliphatic carbocycles. The highest BCUT2D eigenvalue weighted by molar-refractivity contribution is 5.91. The molecule has 0 aliphatic heterocycles. The topological polar surface area (TPSA) is 101 Å². The van der Waals surface area contributed by atoms with Crippen LogP contribution in [0.25, 0.3) is 0 Å². The van der Waals surface area contributed by atoms with Gasteiger partial charge in [0.25, 0.3) is 0 Å². The molecule has 0 spiro atoms. The van der Waals surface area contributed by atoms with Gasteiger partial charge in [-0.05, 0) is 36.4 Å². The van der Waals surface area contributed by atoms with E-state index >= 15 is 0 Å². The molecule has 0 aliphatic rings. The van der Waals surface area contributed by atoms with Crippen LogP contribution in [0.1, 0.15) is 20.7 Å². The average molecular weight is 259 g/mol. The van der Waals surface area contributed by atoms with Crippen LogP contribution in [0, 0.1) is 0 Å². The van der Waals surface area contributed by atoms with Crippen molar-refractivity contribution in [2.75, 3.05) is 5.73 Å². The lowest BCUT2D eigenvalue weighted by Crippen LogP contribution is -1.99. The summed E-state index contributed by atoms with van der Waals surface area (Å²) < 4.78 is 0. The molecule has 5 heteroatoms. The maximum Gasteiger partial charge on any atom is 0.335 e. The Bertz CT molecular complexity index is 516. The molecule has 0 saturated heterocycles. The van der Waals surface area contributed by atoms with Gasteiger partial charge in [-0.3, -0.25) is 0 Å². The summed E-state index contributed by atoms with van der Waals surface area (Å²) in [6.45, 7) is 0. The van der Waals surface area contributed by atoms with E-state index in [-0.39, 0.29) is 11.1 Å². The van der Waals surface area contributed by atoms with Crippen LogP contribution in [0.5, 0.6) is 0 Å². The van der Waals surface area contributed by atoms with Crippen LogP contribution in [-0.4, -0.2) is 22.2 Å². The van der Waals surface area contributed by atoms with Gasteiger partial charge in [0.05, 0.1) is 11.1 Å². The highest BCUT2D eigenvalue weighted by atomic mass is 16.4. The van der Waals surface area contributed by atoms with E-state index in [0.717, 1.165) is 5.69 Å². The third-order valence-corrected chi connectivity index (χ3v) is 2.18. The monoisotopic (exact) mass is 259 g/mol. The van der Waals surface area contributed by atoms with Crippen molar-refractivity contribution in [1.29, 1.82) is 0 Å². The second kappa shape index (κ2) is 6.80. The molecule has 0 unspecified atom stereocenters. The Morgan fingerprint density at radius 3 is 1.32 bits per heavy atom. The fourth-order valence-electron chi connectivity index (χ4n) is 1.21. The number of hydrogen-bond acceptors (Lipinski definition) is 3. The summed E-state index contributed by atoms with van der Waals surface area (Å²) in [6.07, 6.45) is 0. The largest absolute Gasteiger partial charge is 0.478 e. The van der Waals surface area contributed by atoms with Crippen molar-refractivity contribution in [1.82, 2.24) is 0 Å². The SMILES string of the molecule is Nc1ccccc1.O=C(O)c1ccc(C(=O)O)cc1. The van der Waals surface area contributed by atoms with Gasteiger partial charge in [-0.15, -0.1) is 0 Å². The van der Waals surface area contributed by atoms with Gasteiger partial charge in [0, 0.05) is 5.69 Å². The zero-order valence-electron chi connectivity index (χ0n) is 9.98. The minimum atomic E-state index is -1.06. The number of benzene rings is 2. The maximum atomic E-state index is 10.3. The van der Waals surface area contributed by atoms with Gasteiger partial charge < -0.3 is 15.9 Å². The predicted molar refractivity (Wildman–Crippen MR) is 71.2 cm³/mol. The molecule has 0 bridgehead atoms. The van der Waals surface area contributed by atoms with Gasteiger partial charge in [-0.2, -0.15) is 0 Å². The third kappa shape index (κ3) is 4.91. The third-order valence-electron chi connectivity index (χ3n) is 2.18. The Labute approximate surface area is 109 Å². The summed E-state index contributed by atoms with van der Waals surface area (Å²) >= 11 is 0. The van der Waals surface area contributed by atoms with Crippen molar-refractivity contribution in [3.63, 3.8) is 0 Å². The summed E-state index contributed by atoms with van der Waals surface area (Å²) in [4.78, 5) is 20.7. The van der Waals surface area contributed by atoms with E-state index in [0.29, 0.717) is 0 Å². The van der Waals surface area contributed by atoms with Gasteiger partial charge in [0.2, 0.25) is 0 Å². The number of nitrogens with two attached hydrogens (primary N) is 1. The van der Waals surface area contributed by atoms with Crippen molar-refractivity contribution in [2.45, 2.75) is 0 Å². The molecule has 0 saturated carbocycles. The van der Waals surface area contributed by atoms with Gasteiger partial charge in [-0.1, -0.05) is 18.2 Å². The molecule has 98 valence electrons. The summed E-state index contributed by atoms with van der Waals surface area (Å²) in [5.74, 6) is -2.13. The van der Waals surface area contributed by atoms with Crippen molar-refractivity contribution in [3.8, 4) is 0 Å². The standard InChI is InChI=1S/C8H6O4.C6H7N/c9-7(10)5-1-2-6(4-3-5)8(11)12;7-6-4-2-1-3-5-6/h1-4H,(H,9,10)(H,11,12);1-5H,7H2. The number of carboxylic acids is 2. The molecule has 19 heavy (non-hydrogen) atoms. The van der Waals surface area contributed by atoms with E-state index in [1.165, 1.54) is 24.3 Å². The maximum absolute atomic E-state index is 10.3. The second-order valence-corrected chi connectivity index (χ2v) is 3.60. The molecule has 2 aromatic rings. The molecule has 2 aromatic carbocycles. The lowest BCUT2D eigenvalue weighted by Gasteiger charge is -1.94. The van der Waals surface area contributed by atoms with E-state index in [2.05, 4.69) is 0 Å². The smallest absolute Gasteiger partial charge is 0.335 e. The number of hydrogen-bond donors (Lipinski definition) is 3. The van der Waals surface area contributed by atoms with Crippen molar-refractivity contribution in [3.05, 3.63) is 65.7 Å². The van der Waals surface area contributed by atoms with Crippen LogP contribution >= 0.6 is 0 Å². The minimum absolute atomic E-state index is 0.0833. The van der Waals surface area contributed by atoms with E-state index in [1.807, 2.05) is 30.3 Å². The Hall–Kier alpha value is -2.82. The normalized spacial score (nSPS) is 9.05. The predicted octanol–water partition coefficient (Wildman–Crippen LogP) is 2.35. The second-order valence-electron chi connectivity index (χ2n) is 3.60. The van der Waals surface area contributed by atoms with Crippen molar-refractivity contribution < 1.29 is 19.8 Å². The van der Waals surface area contributed by atoms with Crippen LogP contribution in [0.15, 0.2) is 54.6 Å². The Kier molecular flexibility index (Phi) is 5.10. The van der Waals surface area contributed by atoms with Gasteiger partial charge >= 0.3 is 11.9 Å². The lowest BCUT2D eigenvalue weighted by molar-refractivity contribution is 0.0681. The van der Waals surface area contributed by atoms with E-state index in [9.17, 15) is 9.59 Å². The van der Waals surface area contributed by atoms with E-state index in [1.54, 1.807) is 0 Å². The molecular weight excluding hydrogens is 246 g/mol. The molecule has 0 atom stereocenters. The molecular formula is C14H13NO4. The van der Waals surface area contributed by atoms with Gasteiger partial charge in [-0.25, -0.2) is 9.59 Å². The first-order valence-corrected chi connectivity index (χ1v) is 5.38. The number of carbonyl (C=O) groups is 2. The Balaban J connectivity index is 0.000000218. The quantitative estimate of drug-likeness (QED) is 0.719. The number of aromatic carboxylic acids is 2. The van der Waals surface area contributed by atoms with E-state index < -0.39 is 11.9 Å². The molecule has 2 rings (SSSR count). The first-order valence-electron chi connectivity index (χ1n) is 5.38. The van der Waals surface area contributed by atoms with Gasteiger partial charge in [0.1, 0.15) is 0 Å². The number of rotatable bonds is 2. The zero-order valence-corrected chi connectivity index (χ0v) is 9.98. The molecule has 4 N–H and O–H groups in total. The highest BCUT2D eigenvalue weighted by Crippen LogP contribution is 2.03. The number of carboxylic acid groups (broad SMARTS) is 2. The summed E-state index contributed by atoms with van der Waals surface area (Å²) in [5.41, 5.74) is 6.35. The lowest BCUT2D eigenvalue weighted by atomic mass is 10.1. The summed E-state index contributed by atoms with van der Waals surface area (Å²) in [6, 6.07) is 14.5. The molecule has 0 amide bonds. The molecule has 0 aromatic heterocycles. The van der Waals surface area contributed by atoms with Crippen LogP contribution < -0.4 is 5.73 Å². The molecule has 0 heterocycles.